The Morgan fingerprint density at radius 3 is 2.70 bits per heavy atom. The van der Waals surface area contributed by atoms with E-state index in [-0.39, 0.29) is 30.0 Å². The maximum absolute atomic E-state index is 12.2. The molecule has 1 amide bonds. The van der Waals surface area contributed by atoms with E-state index in [1.165, 1.54) is 16.9 Å². The molecule has 0 fully saturated rings. The molecule has 12 heteroatoms. The van der Waals surface area contributed by atoms with Crippen molar-refractivity contribution in [3.63, 3.8) is 0 Å². The summed E-state index contributed by atoms with van der Waals surface area (Å²) in [4.78, 5) is 32.9. The summed E-state index contributed by atoms with van der Waals surface area (Å²) in [5.41, 5.74) is -0.463. The Hall–Kier alpha value is -3.57. The normalized spacial score (nSPS) is 10.6. The lowest BCUT2D eigenvalue weighted by molar-refractivity contribution is -0.384. The number of aromatic nitrogens is 2. The van der Waals surface area contributed by atoms with Crippen molar-refractivity contribution in [2.45, 2.75) is 19.4 Å². The van der Waals surface area contributed by atoms with Crippen LogP contribution in [0, 0.1) is 10.1 Å². The summed E-state index contributed by atoms with van der Waals surface area (Å²) in [5, 5.41) is 25.9. The summed E-state index contributed by atoms with van der Waals surface area (Å²) in [6.45, 7) is -0.872. The van der Waals surface area contributed by atoms with Gasteiger partial charge in [0.25, 0.3) is 12.1 Å². The van der Waals surface area contributed by atoms with Crippen molar-refractivity contribution in [3.05, 3.63) is 46.3 Å². The number of hydrogen-bond donors (Lipinski definition) is 2. The van der Waals surface area contributed by atoms with E-state index in [2.05, 4.69) is 10.4 Å². The number of carbonyl (C=O) groups excluding carboxylic acids is 1. The number of nitrogens with zero attached hydrogens (tertiary/aromatic N) is 3. The van der Waals surface area contributed by atoms with Gasteiger partial charge in [-0.15, -0.1) is 0 Å². The molecule has 1 heterocycles. The van der Waals surface area contributed by atoms with Crippen molar-refractivity contribution in [2.24, 2.45) is 0 Å². The zero-order chi connectivity index (χ0) is 20.0. The predicted octanol–water partition coefficient (Wildman–Crippen LogP) is 2.16. The molecule has 0 aliphatic rings. The number of hydrogen-bond acceptors (Lipinski definition) is 6. The van der Waals surface area contributed by atoms with Crippen LogP contribution in [-0.2, 0) is 11.3 Å². The first-order valence-electron chi connectivity index (χ1n) is 7.50. The maximum atomic E-state index is 12.2. The number of amides is 1. The number of anilines is 1. The Morgan fingerprint density at radius 2 is 2.11 bits per heavy atom. The van der Waals surface area contributed by atoms with Crippen molar-refractivity contribution >= 4 is 23.3 Å². The number of alkyl halides is 2. The summed E-state index contributed by atoms with van der Waals surface area (Å²) >= 11 is 0. The van der Waals surface area contributed by atoms with E-state index in [0.717, 1.165) is 18.3 Å². The summed E-state index contributed by atoms with van der Waals surface area (Å²) in [6, 6.07) is 3.21. The second-order valence-electron chi connectivity index (χ2n) is 5.27. The van der Waals surface area contributed by atoms with Gasteiger partial charge >= 0.3 is 5.97 Å². The van der Waals surface area contributed by atoms with E-state index in [0.29, 0.717) is 0 Å². The van der Waals surface area contributed by atoms with Crippen LogP contribution in [0.15, 0.2) is 30.6 Å². The molecule has 0 unspecified atom stereocenters. The van der Waals surface area contributed by atoms with E-state index in [4.69, 9.17) is 9.84 Å². The van der Waals surface area contributed by atoms with Gasteiger partial charge in [-0.2, -0.15) is 5.10 Å². The minimum Gasteiger partial charge on any atom is -0.487 e. The topological polar surface area (TPSA) is 137 Å². The number of non-ortho nitro benzene ring substituents is 1. The van der Waals surface area contributed by atoms with Crippen molar-refractivity contribution in [1.29, 1.82) is 0 Å². The Labute approximate surface area is 150 Å². The molecule has 1 aromatic carbocycles. The van der Waals surface area contributed by atoms with Gasteiger partial charge in [-0.1, -0.05) is 0 Å². The number of benzene rings is 1. The van der Waals surface area contributed by atoms with E-state index < -0.39 is 35.5 Å². The summed E-state index contributed by atoms with van der Waals surface area (Å²) in [6.07, 6.45) is -0.476. The van der Waals surface area contributed by atoms with Crippen LogP contribution < -0.4 is 10.1 Å². The van der Waals surface area contributed by atoms with Crippen LogP contribution in [0.25, 0.3) is 0 Å². The Kier molecular flexibility index (Phi) is 6.36. The number of nitro groups is 1. The Balaban J connectivity index is 2.02. The molecule has 0 saturated heterocycles. The third-order valence-electron chi connectivity index (χ3n) is 3.21. The van der Waals surface area contributed by atoms with Gasteiger partial charge in [-0.3, -0.25) is 19.6 Å². The fourth-order valence-electron chi connectivity index (χ4n) is 2.04. The zero-order valence-corrected chi connectivity index (χ0v) is 13.7. The van der Waals surface area contributed by atoms with Crippen molar-refractivity contribution < 1.29 is 33.1 Å². The van der Waals surface area contributed by atoms with E-state index in [1.807, 2.05) is 0 Å². The van der Waals surface area contributed by atoms with Crippen molar-refractivity contribution in [2.75, 3.05) is 11.9 Å². The number of halogens is 2. The molecule has 0 spiro atoms. The largest absolute Gasteiger partial charge is 0.487 e. The van der Waals surface area contributed by atoms with Gasteiger partial charge in [0.05, 0.1) is 28.4 Å². The fourth-order valence-corrected chi connectivity index (χ4v) is 2.04. The fraction of sp³-hybridized carbons (Fsp3) is 0.267. The molecule has 0 aliphatic carbocycles. The highest BCUT2D eigenvalue weighted by Gasteiger charge is 2.14. The number of nitrogens with one attached hydrogen (secondary N) is 1. The molecule has 1 aromatic heterocycles. The molecule has 2 aromatic rings. The van der Waals surface area contributed by atoms with Gasteiger partial charge in [-0.25, -0.2) is 13.6 Å². The third-order valence-corrected chi connectivity index (χ3v) is 3.21. The SMILES string of the molecule is O=C(CCn1cc(C(=O)O)cn1)Nc1cc(OCC(F)F)cc([N+](=O)[O-])c1. The smallest absolute Gasteiger partial charge is 0.338 e. The average molecular weight is 384 g/mol. The standard InChI is InChI=1S/C15H14F2N4O6/c16-13(17)8-27-12-4-10(3-11(5-12)21(25)26)19-14(22)1-2-20-7-9(6-18-20)15(23)24/h3-7,13H,1-2,8H2,(H,19,22)(H,23,24). The first kappa shape index (κ1) is 19.8. The number of carbonyl (C=O) groups is 2. The highest BCUT2D eigenvalue weighted by molar-refractivity contribution is 5.91. The second-order valence-corrected chi connectivity index (χ2v) is 5.27. The first-order chi connectivity index (χ1) is 12.7. The number of aryl methyl sites for hydroxylation is 1. The van der Waals surface area contributed by atoms with E-state index >= 15 is 0 Å². The lowest BCUT2D eigenvalue weighted by atomic mass is 10.2. The van der Waals surface area contributed by atoms with Crippen LogP contribution in [0.5, 0.6) is 5.75 Å². The van der Waals surface area contributed by atoms with Crippen molar-refractivity contribution in [3.8, 4) is 5.75 Å². The molecule has 0 radical (unpaired) electrons. The molecule has 0 atom stereocenters. The minimum atomic E-state index is -2.76. The van der Waals surface area contributed by atoms with E-state index in [9.17, 15) is 28.5 Å². The lowest BCUT2D eigenvalue weighted by Crippen LogP contribution is -2.15. The third kappa shape index (κ3) is 6.02. The predicted molar refractivity (Wildman–Crippen MR) is 87.0 cm³/mol. The summed E-state index contributed by atoms with van der Waals surface area (Å²) < 4.78 is 30.5. The van der Waals surface area contributed by atoms with Crippen LogP contribution in [-0.4, -0.2) is 44.7 Å². The molecule has 0 aliphatic heterocycles. The molecule has 10 nitrogen and oxygen atoms in total. The number of aromatic carboxylic acids is 1. The Bertz CT molecular complexity index is 855. The lowest BCUT2D eigenvalue weighted by Gasteiger charge is -2.09. The van der Waals surface area contributed by atoms with Gasteiger partial charge in [0, 0.05) is 31.3 Å². The molecule has 2 N–H and O–H groups in total. The maximum Gasteiger partial charge on any atom is 0.338 e. The van der Waals surface area contributed by atoms with Crippen LogP contribution in [0.3, 0.4) is 0 Å². The Morgan fingerprint density at radius 1 is 1.37 bits per heavy atom. The first-order valence-corrected chi connectivity index (χ1v) is 7.50. The van der Waals surface area contributed by atoms with Crippen LogP contribution in [0.4, 0.5) is 20.2 Å². The molecule has 2 rings (SSSR count). The summed E-state index contributed by atoms with van der Waals surface area (Å²) in [5.74, 6) is -1.88. The number of ether oxygens (including phenoxy) is 1. The number of carboxylic acid groups (broad SMARTS) is 1. The van der Waals surface area contributed by atoms with E-state index in [1.54, 1.807) is 0 Å². The highest BCUT2D eigenvalue weighted by atomic mass is 19.3. The van der Waals surface area contributed by atoms with Gasteiger partial charge in [0.2, 0.25) is 5.91 Å². The minimum absolute atomic E-state index is 0.00477. The number of rotatable bonds is 9. The van der Waals surface area contributed by atoms with Gasteiger partial charge in [-0.05, 0) is 0 Å². The van der Waals surface area contributed by atoms with Gasteiger partial charge in [0.1, 0.15) is 12.4 Å². The van der Waals surface area contributed by atoms with Crippen LogP contribution in [0.1, 0.15) is 16.8 Å². The molecular weight excluding hydrogens is 370 g/mol. The quantitative estimate of drug-likeness (QED) is 0.499. The average Bonchev–Trinajstić information content (AvgIpc) is 3.07. The zero-order valence-electron chi connectivity index (χ0n) is 13.7. The molecule has 0 bridgehead atoms. The molecule has 144 valence electrons. The monoisotopic (exact) mass is 384 g/mol. The second kappa shape index (κ2) is 8.69. The van der Waals surface area contributed by atoms with Crippen LogP contribution in [0.2, 0.25) is 0 Å². The number of nitro benzene ring substituents is 1. The highest BCUT2D eigenvalue weighted by Crippen LogP contribution is 2.26. The van der Waals surface area contributed by atoms with Gasteiger partial charge in [0.15, 0.2) is 0 Å². The molecule has 27 heavy (non-hydrogen) atoms. The van der Waals surface area contributed by atoms with Gasteiger partial charge < -0.3 is 15.2 Å². The van der Waals surface area contributed by atoms with Crippen LogP contribution >= 0.6 is 0 Å². The molecule has 0 saturated carbocycles. The molecular formula is C15H14F2N4O6. The van der Waals surface area contributed by atoms with Crippen molar-refractivity contribution in [1.82, 2.24) is 9.78 Å². The summed E-state index contributed by atoms with van der Waals surface area (Å²) in [7, 11) is 0. The number of carboxylic acids is 1.